The van der Waals surface area contributed by atoms with Gasteiger partial charge in [0.15, 0.2) is 0 Å². The lowest BCUT2D eigenvalue weighted by molar-refractivity contribution is 0.658. The van der Waals surface area contributed by atoms with Gasteiger partial charge in [-0.05, 0) is 51.9 Å². The van der Waals surface area contributed by atoms with E-state index >= 15 is 0 Å². The Morgan fingerprint density at radius 2 is 1.62 bits per heavy atom. The van der Waals surface area contributed by atoms with E-state index in [2.05, 4.69) is 98.9 Å². The Morgan fingerprint density at radius 1 is 0.846 bits per heavy atom. The maximum Gasteiger partial charge on any atom is 0.0704 e. The highest BCUT2D eigenvalue weighted by Gasteiger charge is 2.36. The molecule has 1 unspecified atom stereocenters. The zero-order valence-electron chi connectivity index (χ0n) is 15.5. The van der Waals surface area contributed by atoms with Crippen molar-refractivity contribution in [2.45, 2.75) is 32.2 Å². The molecule has 1 nitrogen and oxygen atoms in total. The molecule has 3 aromatic rings. The van der Waals surface area contributed by atoms with Crippen molar-refractivity contribution in [3.05, 3.63) is 94.6 Å². The third-order valence-corrected chi connectivity index (χ3v) is 6.05. The molecule has 2 aliphatic rings. The van der Waals surface area contributed by atoms with Crippen LogP contribution >= 0.6 is 0 Å². The second kappa shape index (κ2) is 5.35. The van der Waals surface area contributed by atoms with Crippen molar-refractivity contribution in [2.24, 2.45) is 0 Å². The molecule has 3 aromatic carbocycles. The van der Waals surface area contributed by atoms with Crippen molar-refractivity contribution in [1.29, 1.82) is 0 Å². The van der Waals surface area contributed by atoms with Crippen molar-refractivity contribution in [2.75, 3.05) is 5.32 Å². The predicted octanol–water partition coefficient (Wildman–Crippen LogP) is 6.48. The Hall–Kier alpha value is -2.80. The fourth-order valence-electron chi connectivity index (χ4n) is 4.58. The Bertz CT molecular complexity index is 1060. The highest BCUT2D eigenvalue weighted by molar-refractivity contribution is 5.82. The topological polar surface area (TPSA) is 12.0 Å². The molecule has 0 aromatic heterocycles. The fraction of sp³-hybridized carbons (Fsp3) is 0.200. The summed E-state index contributed by atoms with van der Waals surface area (Å²) in [5.74, 6) is 0. The lowest BCUT2D eigenvalue weighted by Gasteiger charge is -2.27. The quantitative estimate of drug-likeness (QED) is 0.536. The van der Waals surface area contributed by atoms with Gasteiger partial charge in [-0.1, -0.05) is 80.6 Å². The third-order valence-electron chi connectivity index (χ3n) is 6.05. The average molecular weight is 337 g/mol. The lowest BCUT2D eigenvalue weighted by Crippen LogP contribution is -2.18. The normalized spacial score (nSPS) is 18.7. The number of rotatable bonds is 1. The summed E-state index contributed by atoms with van der Waals surface area (Å²) in [6, 6.07) is 22.4. The first-order chi connectivity index (χ1) is 12.6. The van der Waals surface area contributed by atoms with Gasteiger partial charge in [-0.15, -0.1) is 0 Å². The second-order valence-corrected chi connectivity index (χ2v) is 7.99. The van der Waals surface area contributed by atoms with Gasteiger partial charge in [0.1, 0.15) is 0 Å². The molecule has 1 atom stereocenters. The summed E-state index contributed by atoms with van der Waals surface area (Å²) in [5, 5.41) is 3.71. The van der Waals surface area contributed by atoms with E-state index in [0.717, 1.165) is 0 Å². The molecule has 0 saturated carbocycles. The zero-order chi connectivity index (χ0) is 17.9. The molecule has 1 heterocycles. The van der Waals surface area contributed by atoms with Gasteiger partial charge < -0.3 is 5.32 Å². The molecule has 26 heavy (non-hydrogen) atoms. The fourth-order valence-corrected chi connectivity index (χ4v) is 4.58. The number of hydrogen-bond donors (Lipinski definition) is 1. The number of para-hydroxylation sites is 1. The Morgan fingerprint density at radius 3 is 2.50 bits per heavy atom. The minimum absolute atomic E-state index is 0.0463. The van der Waals surface area contributed by atoms with Crippen LogP contribution in [0, 0.1) is 6.92 Å². The van der Waals surface area contributed by atoms with Crippen molar-refractivity contribution in [3.63, 3.8) is 0 Å². The van der Waals surface area contributed by atoms with Crippen LogP contribution in [0.5, 0.6) is 0 Å². The van der Waals surface area contributed by atoms with Crippen molar-refractivity contribution in [3.8, 4) is 11.1 Å². The van der Waals surface area contributed by atoms with Gasteiger partial charge in [-0.2, -0.15) is 0 Å². The summed E-state index contributed by atoms with van der Waals surface area (Å²) in [6.07, 6.45) is 4.52. The number of benzene rings is 3. The Kier molecular flexibility index (Phi) is 3.18. The molecule has 128 valence electrons. The number of aryl methyl sites for hydroxylation is 1. The first-order valence-electron chi connectivity index (χ1n) is 9.34. The van der Waals surface area contributed by atoms with Gasteiger partial charge in [0.05, 0.1) is 6.04 Å². The summed E-state index contributed by atoms with van der Waals surface area (Å²) in [5.41, 5.74) is 10.9. The molecule has 5 rings (SSSR count). The van der Waals surface area contributed by atoms with Gasteiger partial charge in [0.2, 0.25) is 0 Å². The predicted molar refractivity (Wildman–Crippen MR) is 111 cm³/mol. The van der Waals surface area contributed by atoms with Crippen LogP contribution in [0.1, 0.15) is 47.7 Å². The van der Waals surface area contributed by atoms with E-state index in [-0.39, 0.29) is 11.5 Å². The second-order valence-electron chi connectivity index (χ2n) is 7.99. The molecule has 1 aliphatic heterocycles. The SMILES string of the molecule is Cc1cc2c(cc1C1C=Cc3ccccc3N1)C(C)(C)c1ccccc1-2. The standard InChI is InChI=1S/C25H23N/c1-16-14-20-18-9-5-6-10-21(18)25(2,3)22(20)15-19(16)24-13-12-17-8-4-7-11-23(17)26-24/h4-15,24,26H,1-3H3. The minimum atomic E-state index is 0.0463. The summed E-state index contributed by atoms with van der Waals surface area (Å²) >= 11 is 0. The summed E-state index contributed by atoms with van der Waals surface area (Å²) < 4.78 is 0. The maximum absolute atomic E-state index is 3.71. The first kappa shape index (κ1) is 15.5. The van der Waals surface area contributed by atoms with Gasteiger partial charge in [0, 0.05) is 11.1 Å². The van der Waals surface area contributed by atoms with Crippen LogP contribution in [0.25, 0.3) is 17.2 Å². The molecule has 0 radical (unpaired) electrons. The number of nitrogens with one attached hydrogen (secondary N) is 1. The van der Waals surface area contributed by atoms with Crippen LogP contribution in [-0.4, -0.2) is 0 Å². The average Bonchev–Trinajstić information content (AvgIpc) is 2.88. The van der Waals surface area contributed by atoms with Crippen molar-refractivity contribution < 1.29 is 0 Å². The van der Waals surface area contributed by atoms with Crippen molar-refractivity contribution >= 4 is 11.8 Å². The van der Waals surface area contributed by atoms with E-state index in [9.17, 15) is 0 Å². The van der Waals surface area contributed by atoms with Crippen LogP contribution < -0.4 is 5.32 Å². The first-order valence-corrected chi connectivity index (χ1v) is 9.34. The van der Waals surface area contributed by atoms with E-state index in [1.54, 1.807) is 0 Å². The maximum atomic E-state index is 3.71. The van der Waals surface area contributed by atoms with Gasteiger partial charge in [0.25, 0.3) is 0 Å². The Balaban J connectivity index is 1.63. The molecular formula is C25H23N. The number of hydrogen-bond acceptors (Lipinski definition) is 1. The van der Waals surface area contributed by atoms with Gasteiger partial charge in [-0.3, -0.25) is 0 Å². The molecule has 0 bridgehead atoms. The molecule has 0 fully saturated rings. The van der Waals surface area contributed by atoms with Crippen LogP contribution in [0.15, 0.2) is 66.7 Å². The van der Waals surface area contributed by atoms with Crippen LogP contribution in [0.2, 0.25) is 0 Å². The monoisotopic (exact) mass is 337 g/mol. The summed E-state index contributed by atoms with van der Waals surface area (Å²) in [4.78, 5) is 0. The van der Waals surface area contributed by atoms with Gasteiger partial charge >= 0.3 is 0 Å². The van der Waals surface area contributed by atoms with Crippen LogP contribution in [0.4, 0.5) is 5.69 Å². The number of fused-ring (bicyclic) bond motifs is 4. The summed E-state index contributed by atoms with van der Waals surface area (Å²) in [7, 11) is 0. The molecule has 0 amide bonds. The highest BCUT2D eigenvalue weighted by Crippen LogP contribution is 2.50. The summed E-state index contributed by atoms with van der Waals surface area (Å²) in [6.45, 7) is 6.92. The molecule has 0 spiro atoms. The lowest BCUT2D eigenvalue weighted by atomic mass is 9.81. The van der Waals surface area contributed by atoms with Gasteiger partial charge in [-0.25, -0.2) is 0 Å². The molecular weight excluding hydrogens is 314 g/mol. The molecule has 1 N–H and O–H groups in total. The van der Waals surface area contributed by atoms with Crippen LogP contribution in [-0.2, 0) is 5.41 Å². The van der Waals surface area contributed by atoms with E-state index in [1.807, 2.05) is 0 Å². The van der Waals surface area contributed by atoms with Crippen molar-refractivity contribution in [1.82, 2.24) is 0 Å². The largest absolute Gasteiger partial charge is 0.374 e. The van der Waals surface area contributed by atoms with Crippen LogP contribution in [0.3, 0.4) is 0 Å². The van der Waals surface area contributed by atoms with E-state index in [0.29, 0.717) is 0 Å². The minimum Gasteiger partial charge on any atom is -0.374 e. The zero-order valence-corrected chi connectivity index (χ0v) is 15.5. The highest BCUT2D eigenvalue weighted by atomic mass is 14.9. The van der Waals surface area contributed by atoms with E-state index in [4.69, 9.17) is 0 Å². The number of anilines is 1. The molecule has 1 aliphatic carbocycles. The molecule has 0 saturated heterocycles. The molecule has 1 heteroatoms. The smallest absolute Gasteiger partial charge is 0.0704 e. The Labute approximate surface area is 155 Å². The van der Waals surface area contributed by atoms with E-state index < -0.39 is 0 Å². The van der Waals surface area contributed by atoms with E-state index in [1.165, 1.54) is 44.6 Å². The third kappa shape index (κ3) is 2.10.